The molecule has 0 aliphatic heterocycles. The summed E-state index contributed by atoms with van der Waals surface area (Å²) in [6.07, 6.45) is 1.68. The summed E-state index contributed by atoms with van der Waals surface area (Å²) in [6, 6.07) is 4.71. The minimum absolute atomic E-state index is 0.206. The van der Waals surface area contributed by atoms with E-state index in [2.05, 4.69) is 4.98 Å². The average Bonchev–Trinajstić information content (AvgIpc) is 2.60. The van der Waals surface area contributed by atoms with Gasteiger partial charge in [-0.3, -0.25) is 4.79 Å². The maximum atomic E-state index is 10.6. The van der Waals surface area contributed by atoms with Gasteiger partial charge in [-0.25, -0.2) is 4.98 Å². The fourth-order valence-corrected chi connectivity index (χ4v) is 1.27. The molecule has 0 spiro atoms. The molecule has 0 radical (unpaired) electrons. The van der Waals surface area contributed by atoms with Crippen molar-refractivity contribution in [2.24, 2.45) is 0 Å². The van der Waals surface area contributed by atoms with E-state index >= 15 is 0 Å². The van der Waals surface area contributed by atoms with Gasteiger partial charge >= 0.3 is 5.82 Å². The van der Waals surface area contributed by atoms with Crippen molar-refractivity contribution in [1.29, 1.82) is 0 Å². The molecule has 0 aromatic carbocycles. The molecular weight excluding hydrogens is 186 g/mol. The second kappa shape index (κ2) is 2.91. The van der Waals surface area contributed by atoms with Crippen molar-refractivity contribution >= 4 is 17.8 Å². The van der Waals surface area contributed by atoms with E-state index in [1.807, 2.05) is 0 Å². The van der Waals surface area contributed by atoms with E-state index < -0.39 is 4.92 Å². The fraction of sp³-hybridized carbons (Fsp3) is 0. The lowest BCUT2D eigenvalue weighted by Crippen LogP contribution is -1.99. The van der Waals surface area contributed by atoms with Crippen molar-refractivity contribution in [2.75, 3.05) is 0 Å². The number of aromatic nitrogens is 2. The van der Waals surface area contributed by atoms with E-state index in [0.717, 1.165) is 6.20 Å². The highest BCUT2D eigenvalue weighted by Crippen LogP contribution is 2.15. The lowest BCUT2D eigenvalue weighted by Gasteiger charge is -1.94. The van der Waals surface area contributed by atoms with Crippen molar-refractivity contribution in [2.45, 2.75) is 0 Å². The van der Waals surface area contributed by atoms with Crippen LogP contribution in [0.1, 0.15) is 10.5 Å². The van der Waals surface area contributed by atoms with Gasteiger partial charge in [0.2, 0.25) is 5.65 Å². The van der Waals surface area contributed by atoms with Crippen LogP contribution in [0.2, 0.25) is 0 Å². The first-order valence-corrected chi connectivity index (χ1v) is 3.80. The van der Waals surface area contributed by atoms with Crippen LogP contribution in [-0.4, -0.2) is 20.6 Å². The number of carbonyl (C=O) groups is 1. The third-order valence-electron chi connectivity index (χ3n) is 1.85. The molecule has 2 rings (SSSR count). The molecule has 0 saturated heterocycles. The number of hydrogen-bond acceptors (Lipinski definition) is 4. The van der Waals surface area contributed by atoms with Crippen molar-refractivity contribution in [1.82, 2.24) is 9.38 Å². The predicted molar refractivity (Wildman–Crippen MR) is 47.2 cm³/mol. The highest BCUT2D eigenvalue weighted by atomic mass is 16.6. The van der Waals surface area contributed by atoms with Gasteiger partial charge in [0.25, 0.3) is 0 Å². The second-order valence-corrected chi connectivity index (χ2v) is 2.64. The second-order valence-electron chi connectivity index (χ2n) is 2.64. The van der Waals surface area contributed by atoms with Crippen LogP contribution in [-0.2, 0) is 0 Å². The van der Waals surface area contributed by atoms with Crippen molar-refractivity contribution in [3.63, 3.8) is 0 Å². The molecule has 2 aromatic rings. The number of aldehydes is 1. The van der Waals surface area contributed by atoms with Gasteiger partial charge in [0.15, 0.2) is 12.0 Å². The van der Waals surface area contributed by atoms with Gasteiger partial charge in [-0.05, 0) is 11.0 Å². The molecule has 70 valence electrons. The monoisotopic (exact) mass is 191 g/mol. The fourth-order valence-electron chi connectivity index (χ4n) is 1.27. The highest BCUT2D eigenvalue weighted by molar-refractivity contribution is 5.74. The third-order valence-corrected chi connectivity index (χ3v) is 1.85. The van der Waals surface area contributed by atoms with E-state index in [1.54, 1.807) is 12.1 Å². The first kappa shape index (κ1) is 8.36. The molecule has 0 unspecified atom stereocenters. The normalized spacial score (nSPS) is 10.3. The summed E-state index contributed by atoms with van der Waals surface area (Å²) in [6.45, 7) is 0. The topological polar surface area (TPSA) is 77.5 Å². The smallest absolute Gasteiger partial charge is 0.348 e. The van der Waals surface area contributed by atoms with E-state index in [0.29, 0.717) is 11.9 Å². The van der Waals surface area contributed by atoms with Crippen LogP contribution in [0.25, 0.3) is 5.65 Å². The molecule has 14 heavy (non-hydrogen) atoms. The summed E-state index contributed by atoms with van der Waals surface area (Å²) in [5, 5.41) is 10.6. The zero-order valence-corrected chi connectivity index (χ0v) is 6.95. The number of nitrogens with zero attached hydrogens (tertiary/aromatic N) is 3. The lowest BCUT2D eigenvalue weighted by atomic mass is 10.3. The first-order valence-electron chi connectivity index (χ1n) is 3.80. The quantitative estimate of drug-likeness (QED) is 0.404. The van der Waals surface area contributed by atoms with Crippen LogP contribution >= 0.6 is 0 Å². The van der Waals surface area contributed by atoms with Crippen LogP contribution in [0, 0.1) is 10.1 Å². The Morgan fingerprint density at radius 1 is 1.50 bits per heavy atom. The molecular formula is C8H5N3O3. The minimum Gasteiger partial charge on any atom is -0.358 e. The Balaban J connectivity index is 2.87. The zero-order chi connectivity index (χ0) is 10.1. The van der Waals surface area contributed by atoms with Crippen LogP contribution in [0.3, 0.4) is 0 Å². The Morgan fingerprint density at radius 2 is 2.29 bits per heavy atom. The molecule has 0 bridgehead atoms. The predicted octanol–water partition coefficient (Wildman–Crippen LogP) is 1.05. The summed E-state index contributed by atoms with van der Waals surface area (Å²) in [4.78, 5) is 24.4. The van der Waals surface area contributed by atoms with E-state index in [-0.39, 0.29) is 11.5 Å². The Labute approximate surface area is 77.9 Å². The molecule has 0 atom stereocenters. The number of fused-ring (bicyclic) bond motifs is 1. The molecule has 0 aliphatic carbocycles. The third kappa shape index (κ3) is 1.05. The van der Waals surface area contributed by atoms with Crippen LogP contribution in [0.5, 0.6) is 0 Å². The summed E-state index contributed by atoms with van der Waals surface area (Å²) in [7, 11) is 0. The van der Waals surface area contributed by atoms with Crippen molar-refractivity contribution in [3.05, 3.63) is 40.2 Å². The molecule has 0 aliphatic rings. The van der Waals surface area contributed by atoms with Gasteiger partial charge in [0, 0.05) is 6.07 Å². The van der Waals surface area contributed by atoms with Crippen molar-refractivity contribution < 1.29 is 9.72 Å². The highest BCUT2D eigenvalue weighted by Gasteiger charge is 2.16. The van der Waals surface area contributed by atoms with E-state index in [4.69, 9.17) is 0 Å². The van der Waals surface area contributed by atoms with Crippen molar-refractivity contribution in [3.8, 4) is 0 Å². The number of nitro groups is 1. The Morgan fingerprint density at radius 3 is 2.93 bits per heavy atom. The average molecular weight is 191 g/mol. The van der Waals surface area contributed by atoms with Crippen LogP contribution in [0.4, 0.5) is 5.82 Å². The molecule has 0 saturated carbocycles. The molecule has 0 fully saturated rings. The summed E-state index contributed by atoms with van der Waals surface area (Å²) in [5.74, 6) is -0.206. The minimum atomic E-state index is -0.576. The number of imidazole rings is 1. The van der Waals surface area contributed by atoms with Gasteiger partial charge in [-0.15, -0.1) is 0 Å². The molecule has 6 heteroatoms. The van der Waals surface area contributed by atoms with Gasteiger partial charge < -0.3 is 10.1 Å². The molecule has 6 nitrogen and oxygen atoms in total. The number of pyridine rings is 1. The van der Waals surface area contributed by atoms with Gasteiger partial charge in [0.1, 0.15) is 6.20 Å². The Bertz CT molecular complexity index is 518. The molecule has 2 heterocycles. The number of hydrogen-bond donors (Lipinski definition) is 0. The maximum absolute atomic E-state index is 10.6. The van der Waals surface area contributed by atoms with E-state index in [9.17, 15) is 14.9 Å². The molecule has 0 N–H and O–H groups in total. The first-order chi connectivity index (χ1) is 6.74. The standard InChI is InChI=1S/C8H5N3O3/c12-5-6-2-1-3-7-9-4-8(10(6)7)11(13)14/h1-5H. The van der Waals surface area contributed by atoms with Gasteiger partial charge in [0.05, 0.1) is 0 Å². The maximum Gasteiger partial charge on any atom is 0.348 e. The molecule has 2 aromatic heterocycles. The van der Waals surface area contributed by atoms with Crippen LogP contribution < -0.4 is 0 Å². The summed E-state index contributed by atoms with van der Waals surface area (Å²) in [5.41, 5.74) is 0.605. The lowest BCUT2D eigenvalue weighted by molar-refractivity contribution is -0.390. The largest absolute Gasteiger partial charge is 0.358 e. The Hall–Kier alpha value is -2.24. The SMILES string of the molecule is O=Cc1cccc2ncc([N+](=O)[O-])n12. The molecule has 0 amide bonds. The van der Waals surface area contributed by atoms with Gasteiger partial charge in [-0.2, -0.15) is 4.40 Å². The number of rotatable bonds is 2. The zero-order valence-electron chi connectivity index (χ0n) is 6.95. The summed E-state index contributed by atoms with van der Waals surface area (Å²) >= 11 is 0. The summed E-state index contributed by atoms with van der Waals surface area (Å²) < 4.78 is 1.20. The van der Waals surface area contributed by atoms with Crippen LogP contribution in [0.15, 0.2) is 24.4 Å². The van der Waals surface area contributed by atoms with E-state index in [1.165, 1.54) is 10.5 Å². The number of carbonyl (C=O) groups excluding carboxylic acids is 1. The van der Waals surface area contributed by atoms with Gasteiger partial charge in [-0.1, -0.05) is 6.07 Å². The Kier molecular flexibility index (Phi) is 1.74.